The molecule has 176 valence electrons. The molecule has 3 heterocycles. The second-order valence-corrected chi connectivity index (χ2v) is 9.15. The summed E-state index contributed by atoms with van der Waals surface area (Å²) in [6.45, 7) is 5.93. The number of methoxy groups -OCH3 is 1. The predicted octanol–water partition coefficient (Wildman–Crippen LogP) is -0.176. The van der Waals surface area contributed by atoms with Gasteiger partial charge in [0.25, 0.3) is 0 Å². The highest BCUT2D eigenvalue weighted by molar-refractivity contribution is 5.82. The van der Waals surface area contributed by atoms with Crippen LogP contribution in [0.1, 0.15) is 45.4 Å². The summed E-state index contributed by atoms with van der Waals surface area (Å²) in [6.07, 6.45) is 3.96. The van der Waals surface area contributed by atoms with Crippen LogP contribution in [0.15, 0.2) is 0 Å². The van der Waals surface area contributed by atoms with E-state index in [-0.39, 0.29) is 29.8 Å². The molecular weight excluding hydrogens is 400 g/mol. The zero-order valence-electron chi connectivity index (χ0n) is 18.9. The Morgan fingerprint density at radius 1 is 1.03 bits per heavy atom. The van der Waals surface area contributed by atoms with Crippen LogP contribution >= 0.6 is 0 Å². The van der Waals surface area contributed by atoms with Gasteiger partial charge in [0.1, 0.15) is 0 Å². The van der Waals surface area contributed by atoms with Gasteiger partial charge in [-0.15, -0.1) is 0 Å². The molecular formula is C22H38N4O5. The van der Waals surface area contributed by atoms with Gasteiger partial charge < -0.3 is 25.0 Å². The number of nitrogens with one attached hydrogen (secondary N) is 1. The number of ether oxygens (including phenoxy) is 1. The lowest BCUT2D eigenvalue weighted by molar-refractivity contribution is -0.135. The SMILES string of the molecule is COCCNC(=O)[C@@H]1C[C@@H](O)CN1C1CCN(C(=O)CC2CCN(C(C)=O)CC2)CC1. The van der Waals surface area contributed by atoms with Gasteiger partial charge in [0.15, 0.2) is 0 Å². The number of carbonyl (C=O) groups excluding carboxylic acids is 3. The molecule has 0 radical (unpaired) electrons. The van der Waals surface area contributed by atoms with Crippen molar-refractivity contribution in [3.05, 3.63) is 0 Å². The second kappa shape index (κ2) is 11.2. The number of aliphatic hydroxyl groups excluding tert-OH is 1. The molecule has 3 aliphatic rings. The molecule has 0 aromatic heterocycles. The number of hydrogen-bond donors (Lipinski definition) is 2. The maximum atomic E-state index is 12.8. The van der Waals surface area contributed by atoms with E-state index in [2.05, 4.69) is 10.2 Å². The first-order valence-electron chi connectivity index (χ1n) is 11.6. The number of carbonyl (C=O) groups is 3. The van der Waals surface area contributed by atoms with Gasteiger partial charge in [-0.3, -0.25) is 19.3 Å². The molecule has 2 N–H and O–H groups in total. The molecule has 3 aliphatic heterocycles. The van der Waals surface area contributed by atoms with Gasteiger partial charge >= 0.3 is 0 Å². The van der Waals surface area contributed by atoms with Crippen LogP contribution in [-0.2, 0) is 19.1 Å². The van der Waals surface area contributed by atoms with E-state index < -0.39 is 6.10 Å². The molecule has 3 amide bonds. The molecule has 0 aromatic carbocycles. The largest absolute Gasteiger partial charge is 0.392 e. The lowest BCUT2D eigenvalue weighted by Gasteiger charge is -2.39. The van der Waals surface area contributed by atoms with Crippen molar-refractivity contribution in [3.8, 4) is 0 Å². The van der Waals surface area contributed by atoms with E-state index in [1.165, 1.54) is 0 Å². The van der Waals surface area contributed by atoms with E-state index in [0.717, 1.165) is 38.8 Å². The Morgan fingerprint density at radius 3 is 2.29 bits per heavy atom. The van der Waals surface area contributed by atoms with Gasteiger partial charge in [-0.25, -0.2) is 0 Å². The Morgan fingerprint density at radius 2 is 1.68 bits per heavy atom. The molecule has 0 aliphatic carbocycles. The third-order valence-electron chi connectivity index (χ3n) is 7.03. The second-order valence-electron chi connectivity index (χ2n) is 9.15. The predicted molar refractivity (Wildman–Crippen MR) is 115 cm³/mol. The van der Waals surface area contributed by atoms with Crippen LogP contribution in [0.4, 0.5) is 0 Å². The molecule has 0 unspecified atom stereocenters. The first-order chi connectivity index (χ1) is 14.9. The maximum absolute atomic E-state index is 12.8. The molecule has 0 bridgehead atoms. The normalized spacial score (nSPS) is 26.3. The smallest absolute Gasteiger partial charge is 0.237 e. The molecule has 3 saturated heterocycles. The van der Waals surface area contributed by atoms with Crippen molar-refractivity contribution in [2.45, 2.75) is 63.6 Å². The lowest BCUT2D eigenvalue weighted by atomic mass is 9.92. The Bertz CT molecular complexity index is 629. The average Bonchev–Trinajstić information content (AvgIpc) is 3.16. The van der Waals surface area contributed by atoms with Gasteiger partial charge in [-0.2, -0.15) is 0 Å². The number of amides is 3. The molecule has 0 spiro atoms. The summed E-state index contributed by atoms with van der Waals surface area (Å²) in [7, 11) is 1.60. The first-order valence-corrected chi connectivity index (χ1v) is 11.6. The average molecular weight is 439 g/mol. The highest BCUT2D eigenvalue weighted by atomic mass is 16.5. The quantitative estimate of drug-likeness (QED) is 0.535. The minimum absolute atomic E-state index is 0.0518. The fourth-order valence-electron chi connectivity index (χ4n) is 5.17. The summed E-state index contributed by atoms with van der Waals surface area (Å²) in [6, 6.07) is -0.108. The molecule has 2 atom stereocenters. The summed E-state index contributed by atoms with van der Waals surface area (Å²) in [4.78, 5) is 42.8. The Labute approximate surface area is 185 Å². The minimum atomic E-state index is -0.487. The number of likely N-dealkylation sites (tertiary alicyclic amines) is 3. The molecule has 0 aromatic rings. The summed E-state index contributed by atoms with van der Waals surface area (Å²) < 4.78 is 4.99. The van der Waals surface area contributed by atoms with Crippen LogP contribution in [0, 0.1) is 5.92 Å². The fraction of sp³-hybridized carbons (Fsp3) is 0.864. The summed E-state index contributed by atoms with van der Waals surface area (Å²) in [5.41, 5.74) is 0. The third-order valence-corrected chi connectivity index (χ3v) is 7.03. The van der Waals surface area contributed by atoms with Gasteiger partial charge in [0, 0.05) is 65.8 Å². The third kappa shape index (κ3) is 6.40. The van der Waals surface area contributed by atoms with Crippen molar-refractivity contribution in [2.24, 2.45) is 5.92 Å². The fourth-order valence-corrected chi connectivity index (χ4v) is 5.17. The van der Waals surface area contributed by atoms with E-state index >= 15 is 0 Å². The standard InChI is InChI=1S/C22H38N4O5/c1-16(27)24-8-3-17(4-9-24)13-21(29)25-10-5-18(6-11-25)26-15-19(28)14-20(26)22(30)23-7-12-31-2/h17-20,28H,3-15H2,1-2H3,(H,23,30)/t19-,20+/m1/s1. The summed E-state index contributed by atoms with van der Waals surface area (Å²) in [5.74, 6) is 0.623. The van der Waals surface area contributed by atoms with Crippen molar-refractivity contribution >= 4 is 17.7 Å². The van der Waals surface area contributed by atoms with Gasteiger partial charge in [-0.1, -0.05) is 0 Å². The van der Waals surface area contributed by atoms with E-state index in [1.807, 2.05) is 9.80 Å². The number of nitrogens with zero attached hydrogens (tertiary/aromatic N) is 3. The molecule has 0 saturated carbocycles. The van der Waals surface area contributed by atoms with E-state index in [1.54, 1.807) is 14.0 Å². The van der Waals surface area contributed by atoms with E-state index in [9.17, 15) is 19.5 Å². The van der Waals surface area contributed by atoms with Crippen LogP contribution in [0.3, 0.4) is 0 Å². The topological polar surface area (TPSA) is 102 Å². The van der Waals surface area contributed by atoms with Crippen molar-refractivity contribution in [1.82, 2.24) is 20.0 Å². The number of hydrogen-bond acceptors (Lipinski definition) is 6. The van der Waals surface area contributed by atoms with Crippen LogP contribution in [-0.4, -0.2) is 109 Å². The Balaban J connectivity index is 1.44. The van der Waals surface area contributed by atoms with Crippen molar-refractivity contribution in [3.63, 3.8) is 0 Å². The Hall–Kier alpha value is -1.71. The van der Waals surface area contributed by atoms with Crippen LogP contribution in [0.2, 0.25) is 0 Å². The number of β-amino-alcohol motifs (C(OH)–C–C–N with tert-alkyl or cyclic N) is 1. The van der Waals surface area contributed by atoms with Crippen LogP contribution in [0.5, 0.6) is 0 Å². The summed E-state index contributed by atoms with van der Waals surface area (Å²) >= 11 is 0. The molecule has 9 nitrogen and oxygen atoms in total. The summed E-state index contributed by atoms with van der Waals surface area (Å²) in [5, 5.41) is 13.1. The van der Waals surface area contributed by atoms with Gasteiger partial charge in [0.2, 0.25) is 17.7 Å². The van der Waals surface area contributed by atoms with E-state index in [0.29, 0.717) is 51.5 Å². The van der Waals surface area contributed by atoms with Crippen molar-refractivity contribution in [2.75, 3.05) is 53.0 Å². The van der Waals surface area contributed by atoms with Gasteiger partial charge in [0.05, 0.1) is 18.8 Å². The van der Waals surface area contributed by atoms with Crippen LogP contribution in [0.25, 0.3) is 0 Å². The molecule has 3 rings (SSSR count). The number of rotatable bonds is 7. The van der Waals surface area contributed by atoms with Crippen molar-refractivity contribution in [1.29, 1.82) is 0 Å². The molecule has 3 fully saturated rings. The highest BCUT2D eigenvalue weighted by Gasteiger charge is 2.41. The van der Waals surface area contributed by atoms with E-state index in [4.69, 9.17) is 4.74 Å². The monoisotopic (exact) mass is 438 g/mol. The first kappa shape index (κ1) is 23.9. The zero-order valence-corrected chi connectivity index (χ0v) is 18.9. The van der Waals surface area contributed by atoms with Crippen LogP contribution < -0.4 is 5.32 Å². The number of aliphatic hydroxyl groups is 1. The molecule has 9 heteroatoms. The highest BCUT2D eigenvalue weighted by Crippen LogP contribution is 2.28. The van der Waals surface area contributed by atoms with Crippen molar-refractivity contribution < 1.29 is 24.2 Å². The van der Waals surface area contributed by atoms with Gasteiger partial charge in [-0.05, 0) is 38.0 Å². The molecule has 31 heavy (non-hydrogen) atoms. The maximum Gasteiger partial charge on any atom is 0.237 e. The zero-order chi connectivity index (χ0) is 22.4. The minimum Gasteiger partial charge on any atom is -0.392 e. The number of piperidine rings is 2. The lowest BCUT2D eigenvalue weighted by Crippen LogP contribution is -2.52. The Kier molecular flexibility index (Phi) is 8.68.